The molecule has 0 aliphatic rings. The molecule has 0 amide bonds. The number of ether oxygens (including phenoxy) is 7. The minimum absolute atomic E-state index is 0.137. The van der Waals surface area contributed by atoms with E-state index in [-0.39, 0.29) is 47.1 Å². The van der Waals surface area contributed by atoms with Crippen molar-refractivity contribution in [1.29, 1.82) is 0 Å². The summed E-state index contributed by atoms with van der Waals surface area (Å²) >= 11 is 0. The Labute approximate surface area is 201 Å². The zero-order chi connectivity index (χ0) is 26.1. The molecule has 0 bridgehead atoms. The van der Waals surface area contributed by atoms with Gasteiger partial charge in [-0.2, -0.15) is 19.9 Å². The van der Waals surface area contributed by atoms with Crippen LogP contribution in [0.3, 0.4) is 0 Å². The monoisotopic (exact) mass is 490 g/mol. The largest absolute Gasteiger partial charge is 0.481 e. The summed E-state index contributed by atoms with van der Waals surface area (Å²) in [4.78, 5) is 41.6. The van der Waals surface area contributed by atoms with Crippen LogP contribution in [0.25, 0.3) is 0 Å². The molecular weight excluding hydrogens is 464 g/mol. The van der Waals surface area contributed by atoms with Crippen LogP contribution in [0.4, 0.5) is 0 Å². The SMILES string of the molecule is COc1cc(OC)nc(OC(C(=O)OC(=O)C(Oc2nc(OC)cc(OC)n2)=C(C)C)=C(C)C)n1. The smallest absolute Gasteiger partial charge is 0.382 e. The molecule has 0 unspecified atom stereocenters. The van der Waals surface area contributed by atoms with E-state index in [1.54, 1.807) is 27.7 Å². The molecule has 13 nitrogen and oxygen atoms in total. The molecule has 0 spiro atoms. The van der Waals surface area contributed by atoms with E-state index < -0.39 is 11.9 Å². The molecular formula is C22H26N4O9. The second-order valence-corrected chi connectivity index (χ2v) is 7.01. The highest BCUT2D eigenvalue weighted by Crippen LogP contribution is 2.23. The van der Waals surface area contributed by atoms with E-state index in [0.29, 0.717) is 11.1 Å². The van der Waals surface area contributed by atoms with Gasteiger partial charge in [-0.1, -0.05) is 0 Å². The fourth-order valence-electron chi connectivity index (χ4n) is 2.33. The lowest BCUT2D eigenvalue weighted by molar-refractivity contribution is -0.157. The summed E-state index contributed by atoms with van der Waals surface area (Å²) in [5.41, 5.74) is 0.766. The molecule has 0 aliphatic heterocycles. The van der Waals surface area contributed by atoms with Gasteiger partial charge in [-0.15, -0.1) is 0 Å². The van der Waals surface area contributed by atoms with E-state index in [1.807, 2.05) is 0 Å². The molecule has 0 N–H and O–H groups in total. The maximum atomic E-state index is 12.8. The van der Waals surface area contributed by atoms with Gasteiger partial charge in [0.05, 0.1) is 40.6 Å². The average molecular weight is 490 g/mol. The molecule has 0 radical (unpaired) electrons. The van der Waals surface area contributed by atoms with E-state index in [1.165, 1.54) is 40.6 Å². The van der Waals surface area contributed by atoms with Crippen LogP contribution in [0.1, 0.15) is 27.7 Å². The van der Waals surface area contributed by atoms with Crippen LogP contribution in [-0.4, -0.2) is 60.3 Å². The van der Waals surface area contributed by atoms with E-state index in [2.05, 4.69) is 19.9 Å². The van der Waals surface area contributed by atoms with Crippen molar-refractivity contribution >= 4 is 11.9 Å². The number of esters is 2. The van der Waals surface area contributed by atoms with Crippen LogP contribution in [-0.2, 0) is 14.3 Å². The highest BCUT2D eigenvalue weighted by atomic mass is 16.6. The third-order valence-electron chi connectivity index (χ3n) is 4.00. The predicted octanol–water partition coefficient (Wildman–Crippen LogP) is 2.42. The summed E-state index contributed by atoms with van der Waals surface area (Å²) in [5.74, 6) is -2.30. The molecule has 13 heteroatoms. The fourth-order valence-corrected chi connectivity index (χ4v) is 2.33. The van der Waals surface area contributed by atoms with Crippen LogP contribution in [0.5, 0.6) is 35.5 Å². The number of carbonyl (C=O) groups excluding carboxylic acids is 2. The van der Waals surface area contributed by atoms with Crippen molar-refractivity contribution in [3.8, 4) is 35.5 Å². The maximum absolute atomic E-state index is 12.8. The van der Waals surface area contributed by atoms with Gasteiger partial charge in [0.25, 0.3) is 0 Å². The van der Waals surface area contributed by atoms with Crippen LogP contribution in [0, 0.1) is 0 Å². The topological polar surface area (TPSA) is 150 Å². The van der Waals surface area contributed by atoms with E-state index in [9.17, 15) is 9.59 Å². The lowest BCUT2D eigenvalue weighted by Crippen LogP contribution is -2.23. The van der Waals surface area contributed by atoms with E-state index >= 15 is 0 Å². The van der Waals surface area contributed by atoms with Crippen LogP contribution >= 0.6 is 0 Å². The Bertz CT molecular complexity index is 1020. The number of nitrogens with zero attached hydrogens (tertiary/aromatic N) is 4. The molecule has 0 atom stereocenters. The average Bonchev–Trinajstić information content (AvgIpc) is 2.84. The van der Waals surface area contributed by atoms with Crippen LogP contribution in [0.15, 0.2) is 34.8 Å². The van der Waals surface area contributed by atoms with Crippen molar-refractivity contribution < 1.29 is 42.7 Å². The van der Waals surface area contributed by atoms with Gasteiger partial charge in [0.15, 0.2) is 0 Å². The van der Waals surface area contributed by atoms with Crippen molar-refractivity contribution in [2.45, 2.75) is 27.7 Å². The summed E-state index contributed by atoms with van der Waals surface area (Å²) in [6.07, 6.45) is 0. The Morgan fingerprint density at radius 2 is 0.857 bits per heavy atom. The second kappa shape index (κ2) is 12.2. The lowest BCUT2D eigenvalue weighted by Gasteiger charge is -2.13. The molecule has 0 saturated heterocycles. The summed E-state index contributed by atoms with van der Waals surface area (Å²) in [6.45, 7) is 6.31. The van der Waals surface area contributed by atoms with Gasteiger partial charge in [-0.25, -0.2) is 9.59 Å². The number of allylic oxidation sites excluding steroid dienone is 2. The number of hydrogen-bond acceptors (Lipinski definition) is 13. The number of carbonyl (C=O) groups is 2. The lowest BCUT2D eigenvalue weighted by atomic mass is 10.3. The Hall–Kier alpha value is -4.42. The summed E-state index contributed by atoms with van der Waals surface area (Å²) < 4.78 is 36.2. The Morgan fingerprint density at radius 1 is 0.571 bits per heavy atom. The first-order valence-electron chi connectivity index (χ1n) is 10.0. The number of aromatic nitrogens is 4. The first-order chi connectivity index (χ1) is 16.6. The first kappa shape index (κ1) is 26.8. The van der Waals surface area contributed by atoms with Crippen LogP contribution < -0.4 is 28.4 Å². The van der Waals surface area contributed by atoms with Gasteiger partial charge in [0.2, 0.25) is 35.0 Å². The maximum Gasteiger partial charge on any atom is 0.382 e. The molecule has 2 aromatic rings. The van der Waals surface area contributed by atoms with Crippen molar-refractivity contribution in [3.63, 3.8) is 0 Å². The zero-order valence-electron chi connectivity index (χ0n) is 20.6. The van der Waals surface area contributed by atoms with Crippen LogP contribution in [0.2, 0.25) is 0 Å². The van der Waals surface area contributed by atoms with Gasteiger partial charge >= 0.3 is 24.0 Å². The van der Waals surface area contributed by atoms with Crippen molar-refractivity contribution in [1.82, 2.24) is 19.9 Å². The standard InChI is InChI=1S/C22H26N4O9/c1-11(2)17(33-21-23-13(29-5)9-14(24-21)30-6)19(27)35-20(28)18(12(3)4)34-22-25-15(31-7)10-16(26-22)32-8/h9-10H,1-8H3. The summed E-state index contributed by atoms with van der Waals surface area (Å²) in [6, 6.07) is 2.34. The van der Waals surface area contributed by atoms with Gasteiger partial charge in [-0.3, -0.25) is 0 Å². The molecule has 2 heterocycles. The summed E-state index contributed by atoms with van der Waals surface area (Å²) in [7, 11) is 5.57. The molecule has 188 valence electrons. The second-order valence-electron chi connectivity index (χ2n) is 7.01. The molecule has 35 heavy (non-hydrogen) atoms. The minimum atomic E-state index is -1.10. The Kier molecular flexibility index (Phi) is 9.32. The van der Waals surface area contributed by atoms with Gasteiger partial charge in [-0.05, 0) is 38.8 Å². The number of hydrogen-bond donors (Lipinski definition) is 0. The van der Waals surface area contributed by atoms with Crippen molar-refractivity contribution in [3.05, 3.63) is 34.8 Å². The normalized spacial score (nSPS) is 9.94. The highest BCUT2D eigenvalue weighted by Gasteiger charge is 2.26. The van der Waals surface area contributed by atoms with Gasteiger partial charge < -0.3 is 33.2 Å². The summed E-state index contributed by atoms with van der Waals surface area (Å²) in [5, 5.41) is 0. The van der Waals surface area contributed by atoms with E-state index in [0.717, 1.165) is 0 Å². The fraction of sp³-hybridized carbons (Fsp3) is 0.364. The zero-order valence-corrected chi connectivity index (χ0v) is 20.6. The van der Waals surface area contributed by atoms with E-state index in [4.69, 9.17) is 33.2 Å². The van der Waals surface area contributed by atoms with Crippen molar-refractivity contribution in [2.24, 2.45) is 0 Å². The molecule has 0 aromatic carbocycles. The minimum Gasteiger partial charge on any atom is -0.481 e. The molecule has 0 aliphatic carbocycles. The highest BCUT2D eigenvalue weighted by molar-refractivity contribution is 6.01. The van der Waals surface area contributed by atoms with Gasteiger partial charge in [0, 0.05) is 0 Å². The third-order valence-corrected chi connectivity index (χ3v) is 4.00. The molecule has 0 saturated carbocycles. The first-order valence-corrected chi connectivity index (χ1v) is 10.0. The Morgan fingerprint density at radius 3 is 1.09 bits per heavy atom. The molecule has 2 rings (SSSR count). The number of rotatable bonds is 10. The third kappa shape index (κ3) is 7.28. The Balaban J connectivity index is 2.26. The van der Waals surface area contributed by atoms with Gasteiger partial charge in [0.1, 0.15) is 0 Å². The van der Waals surface area contributed by atoms with Crippen molar-refractivity contribution in [2.75, 3.05) is 28.4 Å². The molecule has 0 fully saturated rings. The predicted molar refractivity (Wildman–Crippen MR) is 119 cm³/mol. The number of methoxy groups -OCH3 is 4. The quantitative estimate of drug-likeness (QED) is 0.208. The molecule has 2 aromatic heterocycles.